The van der Waals surface area contributed by atoms with E-state index >= 15 is 0 Å². The molecule has 2 aromatic rings. The van der Waals surface area contributed by atoms with Gasteiger partial charge in [-0.25, -0.2) is 4.98 Å². The Kier molecular flexibility index (Phi) is 4.51. The van der Waals surface area contributed by atoms with Crippen LogP contribution in [0.25, 0.3) is 0 Å². The summed E-state index contributed by atoms with van der Waals surface area (Å²) in [4.78, 5) is 5.72. The summed E-state index contributed by atoms with van der Waals surface area (Å²) in [7, 11) is 0. The smallest absolute Gasteiger partial charge is 0.0795 e. The Balaban J connectivity index is 1.93. The highest BCUT2D eigenvalue weighted by Crippen LogP contribution is 2.23. The van der Waals surface area contributed by atoms with Crippen LogP contribution in [0.5, 0.6) is 0 Å². The van der Waals surface area contributed by atoms with E-state index in [2.05, 4.69) is 40.1 Å². The second kappa shape index (κ2) is 6.13. The van der Waals surface area contributed by atoms with E-state index in [0.717, 1.165) is 12.2 Å². The van der Waals surface area contributed by atoms with Crippen LogP contribution < -0.4 is 5.32 Å². The number of hydrogen-bond acceptors (Lipinski definition) is 4. The molecule has 1 atom stereocenters. The van der Waals surface area contributed by atoms with Crippen LogP contribution in [0, 0.1) is 0 Å². The third-order valence-electron chi connectivity index (χ3n) is 2.48. The van der Waals surface area contributed by atoms with E-state index in [0.29, 0.717) is 6.04 Å². The number of nitrogens with one attached hydrogen (secondary N) is 1. The Morgan fingerprint density at radius 1 is 1.50 bits per heavy atom. The van der Waals surface area contributed by atoms with Crippen LogP contribution in [0.4, 0.5) is 0 Å². The summed E-state index contributed by atoms with van der Waals surface area (Å²) in [6.07, 6.45) is 2.39. The molecule has 2 heterocycles. The zero-order chi connectivity index (χ0) is 11.2. The van der Waals surface area contributed by atoms with Gasteiger partial charge in [-0.2, -0.15) is 0 Å². The van der Waals surface area contributed by atoms with Gasteiger partial charge in [-0.15, -0.1) is 22.7 Å². The summed E-state index contributed by atoms with van der Waals surface area (Å²) in [5, 5.41) is 7.82. The van der Waals surface area contributed by atoms with Crippen molar-refractivity contribution in [2.75, 3.05) is 0 Å². The molecule has 0 saturated heterocycles. The van der Waals surface area contributed by atoms with Crippen molar-refractivity contribution in [1.82, 2.24) is 10.3 Å². The summed E-state index contributed by atoms with van der Waals surface area (Å²) in [5.74, 6) is 0. The highest BCUT2D eigenvalue weighted by Gasteiger charge is 2.10. The van der Waals surface area contributed by atoms with Crippen molar-refractivity contribution in [1.29, 1.82) is 0 Å². The van der Waals surface area contributed by atoms with Gasteiger partial charge >= 0.3 is 0 Å². The van der Waals surface area contributed by atoms with Crippen LogP contribution >= 0.6 is 22.7 Å². The molecule has 0 fully saturated rings. The maximum Gasteiger partial charge on any atom is 0.0795 e. The lowest BCUT2D eigenvalue weighted by Crippen LogP contribution is -2.20. The molecule has 0 amide bonds. The normalized spacial score (nSPS) is 12.8. The van der Waals surface area contributed by atoms with Crippen molar-refractivity contribution in [2.24, 2.45) is 0 Å². The molecule has 0 radical (unpaired) electrons. The van der Waals surface area contributed by atoms with Crippen molar-refractivity contribution in [3.8, 4) is 0 Å². The second-order valence-electron chi connectivity index (χ2n) is 3.72. The zero-order valence-corrected chi connectivity index (χ0v) is 11.0. The molecule has 0 aliphatic carbocycles. The fraction of sp³-hybridized carbons (Fsp3) is 0.417. The Hall–Kier alpha value is -0.710. The van der Waals surface area contributed by atoms with Crippen molar-refractivity contribution < 1.29 is 0 Å². The molecule has 0 saturated carbocycles. The Bertz CT molecular complexity index is 381. The summed E-state index contributed by atoms with van der Waals surface area (Å²) >= 11 is 3.48. The molecule has 0 bridgehead atoms. The number of thiazole rings is 1. The predicted molar refractivity (Wildman–Crippen MR) is 70.9 cm³/mol. The van der Waals surface area contributed by atoms with Crippen molar-refractivity contribution in [3.63, 3.8) is 0 Å². The third kappa shape index (κ3) is 3.14. The molecule has 0 aliphatic rings. The van der Waals surface area contributed by atoms with E-state index in [1.165, 1.54) is 17.7 Å². The first-order valence-corrected chi connectivity index (χ1v) is 7.36. The van der Waals surface area contributed by atoms with Gasteiger partial charge in [0.15, 0.2) is 0 Å². The highest BCUT2D eigenvalue weighted by molar-refractivity contribution is 7.10. The molecule has 2 rings (SSSR count). The van der Waals surface area contributed by atoms with E-state index in [1.54, 1.807) is 11.3 Å². The van der Waals surface area contributed by atoms with E-state index in [-0.39, 0.29) is 0 Å². The number of rotatable bonds is 6. The van der Waals surface area contributed by atoms with Gasteiger partial charge in [0.2, 0.25) is 0 Å². The molecule has 4 heteroatoms. The maximum atomic E-state index is 4.29. The topological polar surface area (TPSA) is 24.9 Å². The Morgan fingerprint density at radius 2 is 2.44 bits per heavy atom. The first-order valence-electron chi connectivity index (χ1n) is 5.54. The van der Waals surface area contributed by atoms with Crippen LogP contribution in [-0.4, -0.2) is 4.98 Å². The molecular formula is C12H16N2S2. The summed E-state index contributed by atoms with van der Waals surface area (Å²) < 4.78 is 0. The first kappa shape index (κ1) is 11.8. The van der Waals surface area contributed by atoms with Crippen LogP contribution in [0.1, 0.15) is 36.4 Å². The maximum absolute atomic E-state index is 4.29. The number of nitrogens with zero attached hydrogens (tertiary/aromatic N) is 1. The van der Waals surface area contributed by atoms with Gasteiger partial charge in [-0.1, -0.05) is 19.4 Å². The molecule has 86 valence electrons. The molecule has 1 unspecified atom stereocenters. The lowest BCUT2D eigenvalue weighted by molar-refractivity contribution is 0.497. The largest absolute Gasteiger partial charge is 0.304 e. The second-order valence-corrected chi connectivity index (χ2v) is 5.42. The predicted octanol–water partition coefficient (Wildman–Crippen LogP) is 3.84. The molecule has 2 nitrogen and oxygen atoms in total. The van der Waals surface area contributed by atoms with E-state index in [1.807, 2.05) is 16.8 Å². The third-order valence-corrected chi connectivity index (χ3v) is 4.10. The highest BCUT2D eigenvalue weighted by atomic mass is 32.1. The van der Waals surface area contributed by atoms with Gasteiger partial charge in [-0.3, -0.25) is 0 Å². The lowest BCUT2D eigenvalue weighted by Gasteiger charge is -2.15. The van der Waals surface area contributed by atoms with Crippen molar-refractivity contribution in [2.45, 2.75) is 32.4 Å². The minimum atomic E-state index is 0.478. The van der Waals surface area contributed by atoms with Crippen LogP contribution in [-0.2, 0) is 6.54 Å². The molecular weight excluding hydrogens is 236 g/mol. The summed E-state index contributed by atoms with van der Waals surface area (Å²) in [5.41, 5.74) is 3.03. The Labute approximate surface area is 104 Å². The van der Waals surface area contributed by atoms with Crippen LogP contribution in [0.3, 0.4) is 0 Å². The Morgan fingerprint density at radius 3 is 3.06 bits per heavy atom. The van der Waals surface area contributed by atoms with Gasteiger partial charge in [-0.05, 0) is 17.9 Å². The van der Waals surface area contributed by atoms with Crippen molar-refractivity contribution >= 4 is 22.7 Å². The average molecular weight is 252 g/mol. The molecule has 0 aromatic carbocycles. The summed E-state index contributed by atoms with van der Waals surface area (Å²) in [6, 6.07) is 4.80. The average Bonchev–Trinajstić information content (AvgIpc) is 2.96. The molecule has 0 aliphatic heterocycles. The monoisotopic (exact) mass is 252 g/mol. The molecule has 16 heavy (non-hydrogen) atoms. The minimum Gasteiger partial charge on any atom is -0.304 e. The molecule has 2 aromatic heterocycles. The number of hydrogen-bond donors (Lipinski definition) is 1. The van der Waals surface area contributed by atoms with Gasteiger partial charge in [0.05, 0.1) is 11.2 Å². The van der Waals surface area contributed by atoms with Crippen molar-refractivity contribution in [3.05, 3.63) is 39.0 Å². The van der Waals surface area contributed by atoms with Gasteiger partial charge < -0.3 is 5.32 Å². The van der Waals surface area contributed by atoms with E-state index < -0.39 is 0 Å². The van der Waals surface area contributed by atoms with Gasteiger partial charge in [0.1, 0.15) is 0 Å². The van der Waals surface area contributed by atoms with Gasteiger partial charge in [0, 0.05) is 22.8 Å². The summed E-state index contributed by atoms with van der Waals surface area (Å²) in [6.45, 7) is 3.09. The van der Waals surface area contributed by atoms with Crippen LogP contribution in [0.2, 0.25) is 0 Å². The fourth-order valence-corrected chi connectivity index (χ4v) is 3.07. The SMILES string of the molecule is CCCC(NCc1cscn1)c1cccs1. The lowest BCUT2D eigenvalue weighted by atomic mass is 10.1. The molecule has 1 N–H and O–H groups in total. The molecule has 0 spiro atoms. The van der Waals surface area contributed by atoms with Gasteiger partial charge in [0.25, 0.3) is 0 Å². The van der Waals surface area contributed by atoms with Crippen LogP contribution in [0.15, 0.2) is 28.4 Å². The minimum absolute atomic E-state index is 0.478. The quantitative estimate of drug-likeness (QED) is 0.845. The zero-order valence-electron chi connectivity index (χ0n) is 9.35. The first-order chi connectivity index (χ1) is 7.90. The van der Waals surface area contributed by atoms with E-state index in [4.69, 9.17) is 0 Å². The fourth-order valence-electron chi connectivity index (χ4n) is 1.68. The van der Waals surface area contributed by atoms with E-state index in [9.17, 15) is 0 Å². The number of aromatic nitrogens is 1. The number of thiophene rings is 1. The standard InChI is InChI=1S/C12H16N2S2/c1-2-4-11(12-5-3-6-16-12)13-7-10-8-15-9-14-10/h3,5-6,8-9,11,13H,2,4,7H2,1H3.